The highest BCUT2D eigenvalue weighted by Crippen LogP contribution is 2.41. The van der Waals surface area contributed by atoms with E-state index >= 15 is 0 Å². The molecular formula is C21H23ClN8O6S2. The van der Waals surface area contributed by atoms with Gasteiger partial charge in [-0.2, -0.15) is 9.36 Å². The van der Waals surface area contributed by atoms with Crippen molar-refractivity contribution < 1.29 is 29.4 Å². The number of halogens is 1. The fourth-order valence-electron chi connectivity index (χ4n) is 3.53. The summed E-state index contributed by atoms with van der Waals surface area (Å²) in [6.07, 6.45) is 2.02. The number of hydrogen-bond acceptors (Lipinski definition) is 13. The molecular weight excluding hydrogens is 560 g/mol. The SMILES string of the molecule is CCC(=O)Nc1ncc2c(c1O)CCN2C(=O)c1sc(Nc2snc(O)c2C(=N)NOCCCl)nc1OC. The molecule has 3 aromatic rings. The van der Waals surface area contributed by atoms with Gasteiger partial charge in [0.05, 0.1) is 25.6 Å². The highest BCUT2D eigenvalue weighted by Gasteiger charge is 2.33. The van der Waals surface area contributed by atoms with Gasteiger partial charge in [0.1, 0.15) is 10.6 Å². The molecule has 17 heteroatoms. The smallest absolute Gasteiger partial charge is 0.274 e. The van der Waals surface area contributed by atoms with Gasteiger partial charge in [0.15, 0.2) is 27.4 Å². The van der Waals surface area contributed by atoms with Crippen molar-refractivity contribution in [1.82, 2.24) is 19.8 Å². The van der Waals surface area contributed by atoms with Crippen molar-refractivity contribution in [1.29, 1.82) is 5.41 Å². The maximum absolute atomic E-state index is 13.5. The highest BCUT2D eigenvalue weighted by atomic mass is 35.5. The van der Waals surface area contributed by atoms with E-state index < -0.39 is 5.91 Å². The minimum absolute atomic E-state index is 0.0449. The summed E-state index contributed by atoms with van der Waals surface area (Å²) in [5, 5.41) is 34.9. The molecule has 0 spiro atoms. The van der Waals surface area contributed by atoms with E-state index in [0.29, 0.717) is 17.7 Å². The number of methoxy groups -OCH3 is 1. The Morgan fingerprint density at radius 2 is 2.13 bits per heavy atom. The Bertz CT molecular complexity index is 1380. The third-order valence-electron chi connectivity index (χ3n) is 5.32. The van der Waals surface area contributed by atoms with Crippen molar-refractivity contribution in [3.63, 3.8) is 0 Å². The lowest BCUT2D eigenvalue weighted by Gasteiger charge is -2.17. The van der Waals surface area contributed by atoms with E-state index in [1.54, 1.807) is 6.92 Å². The van der Waals surface area contributed by atoms with Crippen LogP contribution in [0.25, 0.3) is 0 Å². The van der Waals surface area contributed by atoms with Gasteiger partial charge < -0.3 is 30.5 Å². The first kappa shape index (κ1) is 27.3. The molecule has 38 heavy (non-hydrogen) atoms. The highest BCUT2D eigenvalue weighted by molar-refractivity contribution is 7.18. The lowest BCUT2D eigenvalue weighted by molar-refractivity contribution is -0.115. The largest absolute Gasteiger partial charge is 0.504 e. The summed E-state index contributed by atoms with van der Waals surface area (Å²) in [5.41, 5.74) is 3.34. The predicted molar refractivity (Wildman–Crippen MR) is 143 cm³/mol. The van der Waals surface area contributed by atoms with Gasteiger partial charge in [-0.25, -0.2) is 10.5 Å². The lowest BCUT2D eigenvalue weighted by atomic mass is 10.2. The molecule has 0 aromatic carbocycles. The van der Waals surface area contributed by atoms with Crippen molar-refractivity contribution in [3.05, 3.63) is 22.2 Å². The van der Waals surface area contributed by atoms with Crippen LogP contribution in [0.5, 0.6) is 17.5 Å². The van der Waals surface area contributed by atoms with E-state index in [4.69, 9.17) is 26.6 Å². The molecule has 4 heterocycles. The summed E-state index contributed by atoms with van der Waals surface area (Å²) in [6.45, 7) is 2.10. The Morgan fingerprint density at radius 1 is 1.34 bits per heavy atom. The first-order chi connectivity index (χ1) is 18.3. The number of rotatable bonds is 10. The molecule has 0 aliphatic carbocycles. The monoisotopic (exact) mass is 582 g/mol. The van der Waals surface area contributed by atoms with Gasteiger partial charge in [0.25, 0.3) is 5.91 Å². The lowest BCUT2D eigenvalue weighted by Crippen LogP contribution is -2.28. The van der Waals surface area contributed by atoms with E-state index in [0.717, 1.165) is 22.9 Å². The first-order valence-corrected chi connectivity index (χ1v) is 13.3. The molecule has 6 N–H and O–H groups in total. The van der Waals surface area contributed by atoms with E-state index in [1.807, 2.05) is 0 Å². The Kier molecular flexibility index (Phi) is 8.45. The standard InChI is InChI=1S/C21H23ClN8O6S2/c1-3-11(31)25-16-13(32)9-4-6-30(10(9)8-24-16)20(34)14-18(35-2)26-21(37-14)27-19-12(17(33)29-38-19)15(23)28-36-7-5-22/h8,32H,3-7H2,1-2H3,(H2,23,28)(H,26,27)(H,29,33)(H,24,25,31). The summed E-state index contributed by atoms with van der Waals surface area (Å²) in [6, 6.07) is 0. The molecule has 0 fully saturated rings. The molecule has 202 valence electrons. The van der Waals surface area contributed by atoms with E-state index in [1.165, 1.54) is 18.2 Å². The Hall–Kier alpha value is -3.73. The zero-order valence-electron chi connectivity index (χ0n) is 20.1. The number of nitrogens with zero attached hydrogens (tertiary/aromatic N) is 4. The molecule has 1 aliphatic rings. The fraction of sp³-hybridized carbons (Fsp3) is 0.333. The summed E-state index contributed by atoms with van der Waals surface area (Å²) in [5.74, 6) is -1.21. The zero-order chi connectivity index (χ0) is 27.4. The van der Waals surface area contributed by atoms with Crippen molar-refractivity contribution >= 4 is 73.8 Å². The quantitative estimate of drug-likeness (QED) is 0.0676. The Labute approximate surface area is 229 Å². The molecule has 0 saturated heterocycles. The number of pyridine rings is 1. The van der Waals surface area contributed by atoms with Crippen molar-refractivity contribution in [2.24, 2.45) is 0 Å². The second kappa shape index (κ2) is 11.8. The molecule has 0 radical (unpaired) electrons. The van der Waals surface area contributed by atoms with Crippen LogP contribution < -0.4 is 25.8 Å². The van der Waals surface area contributed by atoms with Gasteiger partial charge in [0, 0.05) is 24.4 Å². The van der Waals surface area contributed by atoms with Crippen LogP contribution in [-0.4, -0.2) is 68.3 Å². The number of fused-ring (bicyclic) bond motifs is 1. The average Bonchev–Trinajstić information content (AvgIpc) is 3.62. The number of anilines is 4. The number of ether oxygens (including phenoxy) is 1. The number of carbonyl (C=O) groups is 2. The number of amidine groups is 1. The second-order valence-electron chi connectivity index (χ2n) is 7.63. The minimum Gasteiger partial charge on any atom is -0.504 e. The maximum Gasteiger partial charge on any atom is 0.274 e. The molecule has 1 aliphatic heterocycles. The number of hydroxylamine groups is 1. The molecule has 4 rings (SSSR count). The Balaban J connectivity index is 1.56. The molecule has 0 bridgehead atoms. The summed E-state index contributed by atoms with van der Waals surface area (Å²) in [7, 11) is 1.38. The molecule has 2 amide bonds. The van der Waals surface area contributed by atoms with Crippen LogP contribution in [0.15, 0.2) is 6.20 Å². The number of amides is 2. The number of aromatic nitrogens is 3. The maximum atomic E-state index is 13.5. The van der Waals surface area contributed by atoms with Crippen LogP contribution in [0.1, 0.15) is 34.1 Å². The molecule has 0 atom stereocenters. The van der Waals surface area contributed by atoms with Crippen LogP contribution >= 0.6 is 34.5 Å². The van der Waals surface area contributed by atoms with E-state index in [9.17, 15) is 19.8 Å². The minimum atomic E-state index is -0.422. The average molecular weight is 583 g/mol. The van der Waals surface area contributed by atoms with Crippen LogP contribution in [0.4, 0.5) is 21.6 Å². The zero-order valence-corrected chi connectivity index (χ0v) is 22.5. The third kappa shape index (κ3) is 5.42. The second-order valence-corrected chi connectivity index (χ2v) is 9.79. The predicted octanol–water partition coefficient (Wildman–Crippen LogP) is 2.79. The fourth-order valence-corrected chi connectivity index (χ4v) is 5.26. The molecule has 3 aromatic heterocycles. The number of hydrogen-bond donors (Lipinski definition) is 6. The molecule has 0 saturated carbocycles. The van der Waals surface area contributed by atoms with E-state index in [2.05, 4.69) is 30.5 Å². The van der Waals surface area contributed by atoms with Crippen LogP contribution in [0.2, 0.25) is 0 Å². The van der Waals surface area contributed by atoms with Gasteiger partial charge in [0.2, 0.25) is 17.7 Å². The summed E-state index contributed by atoms with van der Waals surface area (Å²) in [4.78, 5) is 40.3. The third-order valence-corrected chi connectivity index (χ3v) is 7.16. The van der Waals surface area contributed by atoms with Crippen molar-refractivity contribution in [2.75, 3.05) is 41.7 Å². The summed E-state index contributed by atoms with van der Waals surface area (Å²) < 4.78 is 9.19. The van der Waals surface area contributed by atoms with Crippen molar-refractivity contribution in [2.45, 2.75) is 19.8 Å². The topological polar surface area (TPSA) is 195 Å². The van der Waals surface area contributed by atoms with Gasteiger partial charge in [-0.1, -0.05) is 18.3 Å². The van der Waals surface area contributed by atoms with Crippen LogP contribution in [0.3, 0.4) is 0 Å². The number of alkyl halides is 1. The van der Waals surface area contributed by atoms with Gasteiger partial charge in [-0.3, -0.25) is 19.8 Å². The van der Waals surface area contributed by atoms with Gasteiger partial charge >= 0.3 is 0 Å². The number of aromatic hydroxyl groups is 2. The van der Waals surface area contributed by atoms with E-state index in [-0.39, 0.29) is 81.1 Å². The molecule has 0 unspecified atom stereocenters. The van der Waals surface area contributed by atoms with Crippen molar-refractivity contribution in [3.8, 4) is 17.5 Å². The summed E-state index contributed by atoms with van der Waals surface area (Å²) >= 11 is 7.44. The molecule has 14 nitrogen and oxygen atoms in total. The Morgan fingerprint density at radius 3 is 2.84 bits per heavy atom. The van der Waals surface area contributed by atoms with Gasteiger partial charge in [-0.05, 0) is 18.0 Å². The van der Waals surface area contributed by atoms with Crippen LogP contribution in [-0.2, 0) is 16.1 Å². The first-order valence-electron chi connectivity index (χ1n) is 11.1. The van der Waals surface area contributed by atoms with Crippen LogP contribution in [0, 0.1) is 5.41 Å². The number of carbonyl (C=O) groups excluding carboxylic acids is 2. The number of nitrogens with one attached hydrogen (secondary N) is 4. The normalized spacial score (nSPS) is 12.2. The number of thiazole rings is 1. The van der Waals surface area contributed by atoms with Gasteiger partial charge in [-0.15, -0.1) is 11.6 Å².